The van der Waals surface area contributed by atoms with Gasteiger partial charge in [0.2, 0.25) is 5.91 Å². The molecule has 0 bridgehead atoms. The minimum absolute atomic E-state index is 0.192. The second-order valence-corrected chi connectivity index (χ2v) is 10.2. The first-order chi connectivity index (χ1) is 17.6. The molecule has 0 aliphatic rings. The Hall–Kier alpha value is -2.36. The lowest BCUT2D eigenvalue weighted by Crippen LogP contribution is -2.33. The molecule has 0 atom stereocenters. The summed E-state index contributed by atoms with van der Waals surface area (Å²) >= 11 is 0. The molecule has 0 rings (SSSR count). The Labute approximate surface area is 228 Å². The van der Waals surface area contributed by atoms with Gasteiger partial charge >= 0.3 is 5.97 Å². The van der Waals surface area contributed by atoms with Gasteiger partial charge in [-0.2, -0.15) is 0 Å². The van der Waals surface area contributed by atoms with Crippen molar-refractivity contribution in [2.45, 2.75) is 120 Å². The van der Waals surface area contributed by atoms with Gasteiger partial charge in [-0.15, -0.1) is 0 Å². The molecule has 4 heteroatoms. The molecule has 0 aliphatic heterocycles. The third kappa shape index (κ3) is 18.5. The Kier molecular flexibility index (Phi) is 20.3. The summed E-state index contributed by atoms with van der Waals surface area (Å²) in [4.78, 5) is 26.1. The van der Waals surface area contributed by atoms with Crippen molar-refractivity contribution < 1.29 is 14.3 Å². The van der Waals surface area contributed by atoms with Gasteiger partial charge in [0.15, 0.2) is 0 Å². The van der Waals surface area contributed by atoms with E-state index in [1.54, 1.807) is 6.08 Å². The number of ether oxygens (including phenoxy) is 1. The van der Waals surface area contributed by atoms with Gasteiger partial charge in [-0.1, -0.05) is 60.4 Å². The molecular formula is C33H55NO3. The molecule has 0 saturated heterocycles. The van der Waals surface area contributed by atoms with E-state index in [9.17, 15) is 9.59 Å². The van der Waals surface area contributed by atoms with Crippen LogP contribution in [0.3, 0.4) is 0 Å². The first-order valence-corrected chi connectivity index (χ1v) is 14.4. The summed E-state index contributed by atoms with van der Waals surface area (Å²) in [5.41, 5.74) is 6.18. The van der Waals surface area contributed by atoms with E-state index in [4.69, 9.17) is 4.74 Å². The second-order valence-electron chi connectivity index (χ2n) is 10.2. The molecule has 1 amide bonds. The van der Waals surface area contributed by atoms with Crippen LogP contribution in [0.1, 0.15) is 120 Å². The van der Waals surface area contributed by atoms with Crippen molar-refractivity contribution in [3.63, 3.8) is 0 Å². The molecule has 0 spiro atoms. The molecule has 37 heavy (non-hydrogen) atoms. The monoisotopic (exact) mass is 513 g/mol. The predicted octanol–water partition coefficient (Wildman–Crippen LogP) is 9.05. The molecule has 4 nitrogen and oxygen atoms in total. The van der Waals surface area contributed by atoms with E-state index in [0.29, 0.717) is 6.61 Å². The van der Waals surface area contributed by atoms with Crippen molar-refractivity contribution in [1.82, 2.24) is 4.90 Å². The minimum atomic E-state index is -0.244. The fraction of sp³-hybridized carbons (Fsp3) is 0.636. The standard InChI is InChI=1S/C33H55NO3/c1-9-24-34(25-10-2)33(36)31(8)23-15-21-29(6)19-13-17-27(4)16-12-18-28(5)20-14-22-30(7)26-32(35)37-11-3/h16,19-20,23,26H,9-15,17-18,21-22,24-25H2,1-8H3. The van der Waals surface area contributed by atoms with E-state index in [2.05, 4.69) is 58.9 Å². The summed E-state index contributed by atoms with van der Waals surface area (Å²) in [5.74, 6) is -0.0522. The molecule has 0 saturated carbocycles. The molecule has 0 aromatic heterocycles. The van der Waals surface area contributed by atoms with Crippen molar-refractivity contribution in [3.05, 3.63) is 58.2 Å². The van der Waals surface area contributed by atoms with Crippen LogP contribution in [0.4, 0.5) is 0 Å². The number of esters is 1. The van der Waals surface area contributed by atoms with E-state index < -0.39 is 0 Å². The number of carbonyl (C=O) groups is 2. The third-order valence-corrected chi connectivity index (χ3v) is 6.35. The van der Waals surface area contributed by atoms with Crippen molar-refractivity contribution >= 4 is 11.9 Å². The normalized spacial score (nSPS) is 13.7. The highest BCUT2D eigenvalue weighted by molar-refractivity contribution is 5.92. The quantitative estimate of drug-likeness (QED) is 0.0983. The lowest BCUT2D eigenvalue weighted by molar-refractivity contribution is -0.137. The number of amides is 1. The highest BCUT2D eigenvalue weighted by atomic mass is 16.5. The number of hydrogen-bond donors (Lipinski definition) is 0. The van der Waals surface area contributed by atoms with E-state index in [-0.39, 0.29) is 11.9 Å². The second kappa shape index (κ2) is 21.7. The molecule has 0 aromatic rings. The first-order valence-electron chi connectivity index (χ1n) is 14.4. The SMILES string of the molecule is CCCN(CCC)C(=O)C(C)=CCCC(C)=CCCC(C)=CCCC(C)=CCCC(C)=CC(=O)OCC. The fourth-order valence-electron chi connectivity index (χ4n) is 4.11. The summed E-state index contributed by atoms with van der Waals surface area (Å²) in [6, 6.07) is 0. The average molecular weight is 514 g/mol. The Morgan fingerprint density at radius 2 is 1.03 bits per heavy atom. The van der Waals surface area contributed by atoms with Crippen LogP contribution >= 0.6 is 0 Å². The van der Waals surface area contributed by atoms with E-state index in [1.165, 1.54) is 16.7 Å². The number of carbonyl (C=O) groups excluding carboxylic acids is 2. The Morgan fingerprint density at radius 3 is 1.43 bits per heavy atom. The van der Waals surface area contributed by atoms with Crippen LogP contribution in [-0.4, -0.2) is 36.5 Å². The van der Waals surface area contributed by atoms with Gasteiger partial charge in [-0.05, 0) is 106 Å². The highest BCUT2D eigenvalue weighted by Gasteiger charge is 2.12. The molecule has 0 heterocycles. The van der Waals surface area contributed by atoms with E-state index >= 15 is 0 Å². The maximum Gasteiger partial charge on any atom is 0.330 e. The van der Waals surface area contributed by atoms with Crippen LogP contribution in [0, 0.1) is 0 Å². The fourth-order valence-corrected chi connectivity index (χ4v) is 4.11. The molecule has 0 unspecified atom stereocenters. The van der Waals surface area contributed by atoms with Gasteiger partial charge < -0.3 is 9.64 Å². The molecule has 0 fully saturated rings. The van der Waals surface area contributed by atoms with Crippen LogP contribution in [0.2, 0.25) is 0 Å². The molecule has 0 aliphatic carbocycles. The van der Waals surface area contributed by atoms with Crippen LogP contribution in [-0.2, 0) is 14.3 Å². The number of hydrogen-bond acceptors (Lipinski definition) is 3. The summed E-state index contributed by atoms with van der Waals surface area (Å²) in [5, 5.41) is 0. The summed E-state index contributed by atoms with van der Waals surface area (Å²) in [6.07, 6.45) is 20.8. The molecule has 0 aromatic carbocycles. The van der Waals surface area contributed by atoms with Gasteiger partial charge in [0.05, 0.1) is 6.61 Å². The van der Waals surface area contributed by atoms with Gasteiger partial charge in [-0.3, -0.25) is 4.79 Å². The van der Waals surface area contributed by atoms with Gasteiger partial charge in [0.25, 0.3) is 0 Å². The maximum absolute atomic E-state index is 12.6. The summed E-state index contributed by atoms with van der Waals surface area (Å²) in [6.45, 7) is 18.7. The van der Waals surface area contributed by atoms with E-state index in [1.807, 2.05) is 25.7 Å². The number of nitrogens with zero attached hydrogens (tertiary/aromatic N) is 1. The lowest BCUT2D eigenvalue weighted by atomic mass is 10.0. The zero-order chi connectivity index (χ0) is 28.1. The smallest absolute Gasteiger partial charge is 0.330 e. The Bertz CT molecular complexity index is 821. The maximum atomic E-state index is 12.6. The Balaban J connectivity index is 4.36. The molecule has 210 valence electrons. The van der Waals surface area contributed by atoms with Crippen LogP contribution in [0.15, 0.2) is 58.2 Å². The summed E-state index contributed by atoms with van der Waals surface area (Å²) in [7, 11) is 0. The highest BCUT2D eigenvalue weighted by Crippen LogP contribution is 2.15. The van der Waals surface area contributed by atoms with E-state index in [0.717, 1.165) is 88.4 Å². The van der Waals surface area contributed by atoms with Crippen LogP contribution in [0.5, 0.6) is 0 Å². The lowest BCUT2D eigenvalue weighted by Gasteiger charge is -2.21. The van der Waals surface area contributed by atoms with Crippen LogP contribution < -0.4 is 0 Å². The molecular weight excluding hydrogens is 458 g/mol. The molecule has 0 radical (unpaired) electrons. The average Bonchev–Trinajstić information content (AvgIpc) is 2.83. The zero-order valence-electron chi connectivity index (χ0n) is 25.3. The first kappa shape index (κ1) is 34.6. The van der Waals surface area contributed by atoms with Gasteiger partial charge in [0, 0.05) is 24.7 Å². The van der Waals surface area contributed by atoms with Gasteiger partial charge in [-0.25, -0.2) is 4.79 Å². The van der Waals surface area contributed by atoms with Crippen molar-refractivity contribution in [2.75, 3.05) is 19.7 Å². The van der Waals surface area contributed by atoms with Gasteiger partial charge in [0.1, 0.15) is 0 Å². The Morgan fingerprint density at radius 1 is 0.622 bits per heavy atom. The van der Waals surface area contributed by atoms with Crippen molar-refractivity contribution in [2.24, 2.45) is 0 Å². The molecule has 0 N–H and O–H groups in total. The minimum Gasteiger partial charge on any atom is -0.463 e. The zero-order valence-corrected chi connectivity index (χ0v) is 25.3. The number of allylic oxidation sites excluding steroid dienone is 8. The predicted molar refractivity (Wildman–Crippen MR) is 160 cm³/mol. The van der Waals surface area contributed by atoms with Crippen LogP contribution in [0.25, 0.3) is 0 Å². The number of rotatable bonds is 19. The van der Waals surface area contributed by atoms with Crippen molar-refractivity contribution in [1.29, 1.82) is 0 Å². The topological polar surface area (TPSA) is 46.6 Å². The summed E-state index contributed by atoms with van der Waals surface area (Å²) < 4.78 is 4.96. The third-order valence-electron chi connectivity index (χ3n) is 6.35. The van der Waals surface area contributed by atoms with Crippen molar-refractivity contribution in [3.8, 4) is 0 Å². The largest absolute Gasteiger partial charge is 0.463 e.